The predicted molar refractivity (Wildman–Crippen MR) is 101 cm³/mol. The van der Waals surface area contributed by atoms with Gasteiger partial charge in [-0.15, -0.1) is 0 Å². The third kappa shape index (κ3) is 4.10. The zero-order valence-corrected chi connectivity index (χ0v) is 14.8. The molecule has 1 aromatic heterocycles. The number of anilines is 2. The summed E-state index contributed by atoms with van der Waals surface area (Å²) in [4.78, 5) is 25.1. The normalized spacial score (nSPS) is 11.6. The minimum absolute atomic E-state index is 0.263. The van der Waals surface area contributed by atoms with Crippen LogP contribution in [-0.4, -0.2) is 21.6 Å². The molecule has 0 aliphatic heterocycles. The van der Waals surface area contributed by atoms with E-state index < -0.39 is 6.04 Å². The molecule has 2 amide bonds. The van der Waals surface area contributed by atoms with Crippen LogP contribution in [0.5, 0.6) is 0 Å². The van der Waals surface area contributed by atoms with Gasteiger partial charge in [0.25, 0.3) is 5.91 Å². The number of hydrogen-bond acceptors (Lipinski definition) is 3. The lowest BCUT2D eigenvalue weighted by Crippen LogP contribution is -2.25. The Labute approximate surface area is 155 Å². The van der Waals surface area contributed by atoms with Crippen molar-refractivity contribution in [3.63, 3.8) is 0 Å². The number of para-hydroxylation sites is 1. The lowest BCUT2D eigenvalue weighted by molar-refractivity contribution is -0.119. The van der Waals surface area contributed by atoms with Crippen molar-refractivity contribution in [1.29, 1.82) is 0 Å². The molecule has 0 aliphatic carbocycles. The summed E-state index contributed by atoms with van der Waals surface area (Å²) in [6.07, 6.45) is 3.32. The maximum atomic E-state index is 12.6. The summed E-state index contributed by atoms with van der Waals surface area (Å²) in [5, 5.41) is 10.2. The van der Waals surface area contributed by atoms with Crippen molar-refractivity contribution in [3.05, 3.63) is 77.6 Å². The van der Waals surface area contributed by atoms with Crippen LogP contribution in [0.3, 0.4) is 0 Å². The lowest BCUT2D eigenvalue weighted by Gasteiger charge is -2.15. The molecular formula is C19H17ClN4O2. The first-order valence-electron chi connectivity index (χ1n) is 8.00. The van der Waals surface area contributed by atoms with Gasteiger partial charge in [0.2, 0.25) is 5.91 Å². The second kappa shape index (κ2) is 7.84. The van der Waals surface area contributed by atoms with E-state index in [-0.39, 0.29) is 11.8 Å². The number of amides is 2. The van der Waals surface area contributed by atoms with Crippen molar-refractivity contribution >= 4 is 34.8 Å². The standard InChI is InChI=1S/C19H17ClN4O2/c1-13(24-12-4-11-21-24)18(25)23-17-6-3-2-5-16(17)19(26)22-15-9-7-14(20)8-10-15/h2-13H,1H3,(H,22,26)(H,23,25). The van der Waals surface area contributed by atoms with Crippen LogP contribution in [0, 0.1) is 0 Å². The smallest absolute Gasteiger partial charge is 0.257 e. The highest BCUT2D eigenvalue weighted by Crippen LogP contribution is 2.20. The Morgan fingerprint density at radius 1 is 1.04 bits per heavy atom. The molecule has 1 unspecified atom stereocenters. The van der Waals surface area contributed by atoms with Crippen molar-refractivity contribution in [2.75, 3.05) is 10.6 Å². The van der Waals surface area contributed by atoms with Gasteiger partial charge in [-0.3, -0.25) is 14.3 Å². The minimum atomic E-state index is -0.502. The molecule has 0 aliphatic rings. The number of halogens is 1. The number of rotatable bonds is 5. The second-order valence-corrected chi connectivity index (χ2v) is 6.09. The van der Waals surface area contributed by atoms with Gasteiger partial charge in [0.05, 0.1) is 11.3 Å². The summed E-state index contributed by atoms with van der Waals surface area (Å²) in [6, 6.07) is 14.9. The van der Waals surface area contributed by atoms with Crippen LogP contribution < -0.4 is 10.6 Å². The zero-order valence-electron chi connectivity index (χ0n) is 14.0. The van der Waals surface area contributed by atoms with Gasteiger partial charge in [-0.05, 0) is 49.4 Å². The quantitative estimate of drug-likeness (QED) is 0.715. The third-order valence-electron chi connectivity index (χ3n) is 3.83. The van der Waals surface area contributed by atoms with Crippen LogP contribution in [0.2, 0.25) is 5.02 Å². The molecule has 0 saturated heterocycles. The Morgan fingerprint density at radius 2 is 1.77 bits per heavy atom. The summed E-state index contributed by atoms with van der Waals surface area (Å²) in [7, 11) is 0. The molecule has 0 bridgehead atoms. The van der Waals surface area contributed by atoms with Crippen LogP contribution in [0.1, 0.15) is 23.3 Å². The molecule has 1 heterocycles. The number of hydrogen-bond donors (Lipinski definition) is 2. The molecule has 6 nitrogen and oxygen atoms in total. The number of nitrogens with one attached hydrogen (secondary N) is 2. The van der Waals surface area contributed by atoms with E-state index in [1.165, 1.54) is 0 Å². The third-order valence-corrected chi connectivity index (χ3v) is 4.08. The van der Waals surface area contributed by atoms with E-state index in [2.05, 4.69) is 15.7 Å². The van der Waals surface area contributed by atoms with E-state index in [0.29, 0.717) is 22.0 Å². The van der Waals surface area contributed by atoms with Crippen LogP contribution in [0.4, 0.5) is 11.4 Å². The van der Waals surface area contributed by atoms with Gasteiger partial charge in [0.1, 0.15) is 6.04 Å². The summed E-state index contributed by atoms with van der Waals surface area (Å²) in [5.74, 6) is -0.588. The molecule has 26 heavy (non-hydrogen) atoms. The number of carbonyl (C=O) groups excluding carboxylic acids is 2. The van der Waals surface area contributed by atoms with Crippen molar-refractivity contribution in [1.82, 2.24) is 9.78 Å². The van der Waals surface area contributed by atoms with Gasteiger partial charge in [0.15, 0.2) is 0 Å². The Bertz CT molecular complexity index is 908. The molecule has 0 fully saturated rings. The van der Waals surface area contributed by atoms with E-state index in [9.17, 15) is 9.59 Å². The van der Waals surface area contributed by atoms with E-state index in [4.69, 9.17) is 11.6 Å². The number of nitrogens with zero attached hydrogens (tertiary/aromatic N) is 2. The summed E-state index contributed by atoms with van der Waals surface area (Å²) < 4.78 is 1.55. The van der Waals surface area contributed by atoms with Crippen LogP contribution in [0.25, 0.3) is 0 Å². The fourth-order valence-electron chi connectivity index (χ4n) is 2.39. The van der Waals surface area contributed by atoms with Gasteiger partial charge in [-0.1, -0.05) is 23.7 Å². The summed E-state index contributed by atoms with van der Waals surface area (Å²) >= 11 is 5.85. The molecule has 1 atom stereocenters. The molecule has 7 heteroatoms. The average Bonchev–Trinajstić information content (AvgIpc) is 3.18. The summed E-state index contributed by atoms with van der Waals surface area (Å²) in [6.45, 7) is 1.73. The molecule has 0 saturated carbocycles. The number of carbonyl (C=O) groups is 2. The number of benzene rings is 2. The van der Waals surface area contributed by atoms with Crippen molar-refractivity contribution in [3.8, 4) is 0 Å². The Kier molecular flexibility index (Phi) is 5.34. The van der Waals surface area contributed by atoms with Crippen LogP contribution >= 0.6 is 11.6 Å². The first-order chi connectivity index (χ1) is 12.5. The predicted octanol–water partition coefficient (Wildman–Crippen LogP) is 3.99. The average molecular weight is 369 g/mol. The van der Waals surface area contributed by atoms with Crippen LogP contribution in [0.15, 0.2) is 67.0 Å². The molecular weight excluding hydrogens is 352 g/mol. The van der Waals surface area contributed by atoms with E-state index in [1.807, 2.05) is 0 Å². The molecule has 3 aromatic rings. The maximum Gasteiger partial charge on any atom is 0.257 e. The first-order valence-corrected chi connectivity index (χ1v) is 8.38. The van der Waals surface area contributed by atoms with Gasteiger partial charge < -0.3 is 10.6 Å². The monoisotopic (exact) mass is 368 g/mol. The Hall–Kier alpha value is -3.12. The fraction of sp³-hybridized carbons (Fsp3) is 0.105. The molecule has 2 N–H and O–H groups in total. The van der Waals surface area contributed by atoms with Crippen molar-refractivity contribution in [2.24, 2.45) is 0 Å². The fourth-order valence-corrected chi connectivity index (χ4v) is 2.51. The first kappa shape index (κ1) is 17.7. The van der Waals surface area contributed by atoms with Gasteiger partial charge in [-0.25, -0.2) is 0 Å². The Balaban J connectivity index is 1.76. The zero-order chi connectivity index (χ0) is 18.5. The van der Waals surface area contributed by atoms with Crippen molar-refractivity contribution < 1.29 is 9.59 Å². The minimum Gasteiger partial charge on any atom is -0.323 e. The van der Waals surface area contributed by atoms with Gasteiger partial charge >= 0.3 is 0 Å². The Morgan fingerprint density at radius 3 is 2.46 bits per heavy atom. The highest BCUT2D eigenvalue weighted by molar-refractivity contribution is 6.30. The van der Waals surface area contributed by atoms with Crippen LogP contribution in [-0.2, 0) is 4.79 Å². The number of aromatic nitrogens is 2. The van der Waals surface area contributed by atoms with E-state index in [0.717, 1.165) is 0 Å². The molecule has 0 spiro atoms. The van der Waals surface area contributed by atoms with E-state index in [1.54, 1.807) is 78.6 Å². The topological polar surface area (TPSA) is 76.0 Å². The molecule has 0 radical (unpaired) electrons. The maximum absolute atomic E-state index is 12.6. The highest BCUT2D eigenvalue weighted by atomic mass is 35.5. The van der Waals surface area contributed by atoms with Crippen molar-refractivity contribution in [2.45, 2.75) is 13.0 Å². The van der Waals surface area contributed by atoms with Gasteiger partial charge in [0, 0.05) is 23.1 Å². The molecule has 2 aromatic carbocycles. The molecule has 132 valence electrons. The highest BCUT2D eigenvalue weighted by Gasteiger charge is 2.18. The largest absolute Gasteiger partial charge is 0.323 e. The second-order valence-electron chi connectivity index (χ2n) is 5.66. The van der Waals surface area contributed by atoms with E-state index >= 15 is 0 Å². The SMILES string of the molecule is CC(C(=O)Nc1ccccc1C(=O)Nc1ccc(Cl)cc1)n1cccn1. The van der Waals surface area contributed by atoms with Gasteiger partial charge in [-0.2, -0.15) is 5.10 Å². The molecule has 3 rings (SSSR count). The lowest BCUT2D eigenvalue weighted by atomic mass is 10.1. The summed E-state index contributed by atoms with van der Waals surface area (Å²) in [5.41, 5.74) is 1.41.